The Morgan fingerprint density at radius 1 is 0.431 bits per heavy atom. The normalized spacial score (nSPS) is 16.6. The van der Waals surface area contributed by atoms with Gasteiger partial charge in [0, 0.05) is 51.4 Å². The number of ketones is 4. The van der Waals surface area contributed by atoms with Gasteiger partial charge in [-0.25, -0.2) is 30.2 Å². The highest BCUT2D eigenvalue weighted by Crippen LogP contribution is 2.44. The van der Waals surface area contributed by atoms with Crippen molar-refractivity contribution >= 4 is 46.4 Å². The average molecular weight is 792 g/mol. The van der Waals surface area contributed by atoms with Crippen molar-refractivity contribution in [1.82, 2.24) is 0 Å². The lowest BCUT2D eigenvalue weighted by Crippen LogP contribution is -2.24. The first-order valence-electron chi connectivity index (χ1n) is 17.1. The smallest absolute Gasteiger partial charge is 0.313 e. The lowest BCUT2D eigenvalue weighted by molar-refractivity contribution is -0.124. The third kappa shape index (κ3) is 29.1. The topological polar surface area (TPSA) is 275 Å². The number of hydrogen-bond acceptors (Lipinski definition) is 11. The molecule has 0 aromatic rings. The van der Waals surface area contributed by atoms with Crippen molar-refractivity contribution in [2.45, 2.75) is 132 Å². The number of carbonyl (C=O) groups excluding carboxylic acids is 4. The molecule has 0 aliphatic rings. The third-order valence-corrected chi connectivity index (χ3v) is 10.2. The summed E-state index contributed by atoms with van der Waals surface area (Å²) in [6.07, 6.45) is 2.66. The summed E-state index contributed by atoms with van der Waals surface area (Å²) in [7, 11) is -12.2. The molecule has 0 amide bonds. The minimum absolute atomic E-state index is 0.0415. The van der Waals surface area contributed by atoms with Crippen LogP contribution in [0.1, 0.15) is 132 Å². The number of Topliss-reactive ketones (excluding diaryl/α,β-unsaturated/α-hetero) is 4. The largest absolute Gasteiger partial charge is 0.402 e. The molecule has 0 radical (unpaired) electrons. The van der Waals surface area contributed by atoms with Gasteiger partial charge in [0.2, 0.25) is 0 Å². The molecule has 51 heavy (non-hydrogen) atoms. The molecule has 0 fully saturated rings. The van der Waals surface area contributed by atoms with E-state index >= 15 is 0 Å². The van der Waals surface area contributed by atoms with Crippen molar-refractivity contribution in [2.75, 3.05) is 26.4 Å². The summed E-state index contributed by atoms with van der Waals surface area (Å²) in [4.78, 5) is 67.7. The van der Waals surface area contributed by atoms with Gasteiger partial charge in [0.05, 0.1) is 26.4 Å². The minimum atomic E-state index is -4.10. The quantitative estimate of drug-likeness (QED) is 0.0499. The predicted molar refractivity (Wildman–Crippen MR) is 194 cm³/mol. The van der Waals surface area contributed by atoms with Crippen LogP contribution in [0.3, 0.4) is 0 Å². The molecular weight excluding hydrogens is 727 g/mol. The van der Waals surface area contributed by atoms with Gasteiger partial charge < -0.3 is 9.79 Å². The molecule has 8 N–H and O–H groups in total. The van der Waals surface area contributed by atoms with Crippen LogP contribution in [-0.2, 0) is 51.0 Å². The number of rotatable bonds is 30. The summed E-state index contributed by atoms with van der Waals surface area (Å²) < 4.78 is 55.5. The molecule has 0 bridgehead atoms. The van der Waals surface area contributed by atoms with E-state index in [-0.39, 0.29) is 101 Å². The fraction of sp³-hybridized carbons (Fsp3) is 0.875. The van der Waals surface area contributed by atoms with Crippen molar-refractivity contribution in [3.63, 3.8) is 0 Å². The second-order valence-corrected chi connectivity index (χ2v) is 20.9. The monoisotopic (exact) mass is 791 g/mol. The molecule has 0 saturated heterocycles. The molecule has 0 heterocycles. The molecule has 0 aliphatic carbocycles. The van der Waals surface area contributed by atoms with E-state index in [1.165, 1.54) is 0 Å². The number of nitrogens with two attached hydrogens (primary N) is 3. The second-order valence-electron chi connectivity index (χ2n) is 16.6. The average Bonchev–Trinajstić information content (AvgIpc) is 2.98. The Morgan fingerprint density at radius 2 is 0.627 bits per heavy atom. The van der Waals surface area contributed by atoms with Crippen molar-refractivity contribution < 1.29 is 60.8 Å². The zero-order valence-corrected chi connectivity index (χ0v) is 34.5. The zero-order chi connectivity index (χ0) is 40.0. The Labute approximate surface area is 303 Å². The Morgan fingerprint density at radius 3 is 0.824 bits per heavy atom. The van der Waals surface area contributed by atoms with E-state index in [2.05, 4.69) is 0 Å². The lowest BCUT2D eigenvalue weighted by atomic mass is 9.86. The summed E-state index contributed by atoms with van der Waals surface area (Å²) in [5.41, 5.74) is 13.6. The second kappa shape index (κ2) is 21.2. The molecule has 0 spiro atoms. The van der Waals surface area contributed by atoms with Crippen LogP contribution in [0.2, 0.25) is 0 Å². The van der Waals surface area contributed by atoms with Crippen molar-refractivity contribution in [1.29, 1.82) is 0 Å². The highest BCUT2D eigenvalue weighted by Gasteiger charge is 2.30. The van der Waals surface area contributed by atoms with Gasteiger partial charge in [-0.3, -0.25) is 37.3 Å². The Kier molecular flexibility index (Phi) is 20.8. The van der Waals surface area contributed by atoms with Crippen LogP contribution in [0.5, 0.6) is 0 Å². The van der Waals surface area contributed by atoms with Crippen molar-refractivity contribution in [3.8, 4) is 0 Å². The first-order valence-corrected chi connectivity index (χ1v) is 22.0. The van der Waals surface area contributed by atoms with E-state index in [9.17, 15) is 32.9 Å². The molecule has 0 rings (SSSR count). The van der Waals surface area contributed by atoms with E-state index < -0.39 is 44.9 Å². The Bertz CT molecular complexity index is 1210. The molecule has 19 heteroatoms. The molecule has 0 aliphatic heterocycles. The summed E-state index contributed by atoms with van der Waals surface area (Å²) in [5.74, 6) is -0.408. The highest BCUT2D eigenvalue weighted by atomic mass is 31.2. The van der Waals surface area contributed by atoms with E-state index in [0.29, 0.717) is 25.7 Å². The first kappa shape index (κ1) is 50.0. The van der Waals surface area contributed by atoms with E-state index in [4.69, 9.17) is 44.4 Å². The van der Waals surface area contributed by atoms with Crippen LogP contribution in [0, 0.1) is 21.7 Å². The minimum Gasteiger partial charge on any atom is -0.313 e. The Hall–Kier alpha value is -0.990. The first-order chi connectivity index (χ1) is 22.8. The molecule has 16 nitrogen and oxygen atoms in total. The number of hydrogen-bond donors (Lipinski definition) is 5. The molecule has 300 valence electrons. The van der Waals surface area contributed by atoms with Crippen LogP contribution in [0.4, 0.5) is 0 Å². The molecule has 2 unspecified atom stereocenters. The zero-order valence-electron chi connectivity index (χ0n) is 31.8. The van der Waals surface area contributed by atoms with Gasteiger partial charge in [-0.2, -0.15) is 0 Å². The van der Waals surface area contributed by atoms with Gasteiger partial charge in [-0.05, 0) is 47.3 Å². The van der Waals surface area contributed by atoms with Crippen LogP contribution in [0.15, 0.2) is 0 Å². The third-order valence-electron chi connectivity index (χ3n) is 8.24. The van der Waals surface area contributed by atoms with Gasteiger partial charge in [-0.1, -0.05) is 55.4 Å². The standard InChI is InChI=1S/C32H64N3O13P3/c1-29(2,21-45-49(33,40)41)17-13-25(36)9-11-27(38)15-19-31(5,6)23-47-51(35,44)48-24-32(7,8)20-16-28(39)12-10-26(37)14-18-30(3,4)22-46-50(34,42)43/h9-24H2,1-8H3,(H2,35,44)(H3,33,40,41)(H3,34,42,43). The molecule has 0 saturated carbocycles. The molecule has 2 atom stereocenters. The summed E-state index contributed by atoms with van der Waals surface area (Å²) in [6.45, 7) is 14.2. The Balaban J connectivity index is 4.47. The van der Waals surface area contributed by atoms with Crippen LogP contribution in [0.25, 0.3) is 0 Å². The summed E-state index contributed by atoms with van der Waals surface area (Å²) in [6, 6.07) is 0. The lowest BCUT2D eigenvalue weighted by Gasteiger charge is -2.28. The number of carbonyl (C=O) groups is 4. The SMILES string of the molecule is CC(C)(CCC(=O)CCC(=O)CCC(C)(C)COP(N)(=O)OCC(C)(C)CCC(=O)CCC(=O)CCC(C)(C)COP(N)(=O)O)COP(N)(=O)O. The van der Waals surface area contributed by atoms with E-state index in [0.717, 1.165) is 0 Å². The van der Waals surface area contributed by atoms with Crippen molar-refractivity contribution in [2.24, 2.45) is 38.2 Å². The van der Waals surface area contributed by atoms with Gasteiger partial charge in [0.15, 0.2) is 0 Å². The van der Waals surface area contributed by atoms with Crippen LogP contribution < -0.4 is 16.5 Å². The van der Waals surface area contributed by atoms with E-state index in [1.54, 1.807) is 27.7 Å². The van der Waals surface area contributed by atoms with Crippen molar-refractivity contribution in [3.05, 3.63) is 0 Å². The predicted octanol–water partition coefficient (Wildman–Crippen LogP) is 6.30. The maximum absolute atomic E-state index is 12.8. The fourth-order valence-electron chi connectivity index (χ4n) is 4.36. The summed E-state index contributed by atoms with van der Waals surface area (Å²) >= 11 is 0. The molecule has 0 aromatic carbocycles. The van der Waals surface area contributed by atoms with Gasteiger partial charge in [0.1, 0.15) is 23.1 Å². The molecular formula is C32H64N3O13P3. The maximum Gasteiger partial charge on any atom is 0.402 e. The van der Waals surface area contributed by atoms with Gasteiger partial charge in [-0.15, -0.1) is 0 Å². The maximum atomic E-state index is 12.8. The fourth-order valence-corrected chi connectivity index (χ4v) is 6.56. The summed E-state index contributed by atoms with van der Waals surface area (Å²) in [5, 5.41) is 0. The van der Waals surface area contributed by atoms with Gasteiger partial charge in [0.25, 0.3) is 0 Å². The highest BCUT2D eigenvalue weighted by molar-refractivity contribution is 7.51. The van der Waals surface area contributed by atoms with E-state index in [1.807, 2.05) is 27.7 Å². The van der Waals surface area contributed by atoms with Crippen LogP contribution >= 0.6 is 23.2 Å². The molecule has 0 aromatic heterocycles. The van der Waals surface area contributed by atoms with Gasteiger partial charge >= 0.3 is 23.2 Å². The van der Waals surface area contributed by atoms with Crippen LogP contribution in [-0.4, -0.2) is 59.3 Å².